The Hall–Kier alpha value is -0.870. The molecular formula is C14H25N3O. The van der Waals surface area contributed by atoms with Crippen LogP contribution in [0.25, 0.3) is 0 Å². The molecular weight excluding hydrogens is 226 g/mol. The number of aryl methyl sites for hydroxylation is 3. The summed E-state index contributed by atoms with van der Waals surface area (Å²) in [6.07, 6.45) is 5.39. The van der Waals surface area contributed by atoms with Crippen molar-refractivity contribution in [2.24, 2.45) is 0 Å². The molecule has 0 saturated heterocycles. The normalized spacial score (nSPS) is 24.4. The molecule has 102 valence electrons. The summed E-state index contributed by atoms with van der Waals surface area (Å²) < 4.78 is 2.06. The summed E-state index contributed by atoms with van der Waals surface area (Å²) in [5.74, 6) is 0. The van der Waals surface area contributed by atoms with Gasteiger partial charge < -0.3 is 10.4 Å². The zero-order chi connectivity index (χ0) is 13.0. The third-order valence-electron chi connectivity index (χ3n) is 3.79. The minimum absolute atomic E-state index is 0.146. The second-order valence-electron chi connectivity index (χ2n) is 5.42. The number of hydrogen-bond acceptors (Lipinski definition) is 3. The summed E-state index contributed by atoms with van der Waals surface area (Å²) in [6.45, 7) is 6.04. The van der Waals surface area contributed by atoms with Crippen LogP contribution in [0.3, 0.4) is 0 Å². The standard InChI is InChI=1S/C14H25N3O/c1-11-10-12(2)17(16-11)9-5-8-15-13-6-3-4-7-14(13)18/h10,13-15,18H,3-9H2,1-2H3/t13-,14-/m1/s1. The van der Waals surface area contributed by atoms with E-state index in [2.05, 4.69) is 28.1 Å². The number of nitrogens with zero attached hydrogens (tertiary/aromatic N) is 2. The van der Waals surface area contributed by atoms with Crippen LogP contribution in [0.5, 0.6) is 0 Å². The van der Waals surface area contributed by atoms with Crippen LogP contribution < -0.4 is 5.32 Å². The SMILES string of the molecule is Cc1cc(C)n(CCCN[C@@H]2CCCC[C@H]2O)n1. The Kier molecular flexibility index (Phi) is 4.78. The van der Waals surface area contributed by atoms with Gasteiger partial charge in [0.1, 0.15) is 0 Å². The predicted molar refractivity (Wildman–Crippen MR) is 72.6 cm³/mol. The minimum atomic E-state index is -0.146. The largest absolute Gasteiger partial charge is 0.392 e. The lowest BCUT2D eigenvalue weighted by Crippen LogP contribution is -2.42. The molecule has 2 rings (SSSR count). The van der Waals surface area contributed by atoms with Gasteiger partial charge in [-0.3, -0.25) is 4.68 Å². The molecule has 1 heterocycles. The van der Waals surface area contributed by atoms with Crippen molar-refractivity contribution in [3.05, 3.63) is 17.5 Å². The maximum absolute atomic E-state index is 9.85. The van der Waals surface area contributed by atoms with Gasteiger partial charge in [-0.1, -0.05) is 12.8 Å². The molecule has 0 aromatic carbocycles. The number of hydrogen-bond donors (Lipinski definition) is 2. The number of aliphatic hydroxyl groups excluding tert-OH is 1. The number of aliphatic hydroxyl groups is 1. The Labute approximate surface area is 109 Å². The molecule has 18 heavy (non-hydrogen) atoms. The first-order valence-corrected chi connectivity index (χ1v) is 7.09. The van der Waals surface area contributed by atoms with Crippen LogP contribution in [0.1, 0.15) is 43.5 Å². The summed E-state index contributed by atoms with van der Waals surface area (Å²) >= 11 is 0. The Morgan fingerprint density at radius 3 is 2.83 bits per heavy atom. The highest BCUT2D eigenvalue weighted by Gasteiger charge is 2.21. The third-order valence-corrected chi connectivity index (χ3v) is 3.79. The van der Waals surface area contributed by atoms with E-state index in [1.165, 1.54) is 18.5 Å². The molecule has 0 spiro atoms. The van der Waals surface area contributed by atoms with Gasteiger partial charge in [0.05, 0.1) is 11.8 Å². The van der Waals surface area contributed by atoms with Gasteiger partial charge in [-0.2, -0.15) is 5.10 Å². The molecule has 0 aliphatic heterocycles. The molecule has 0 bridgehead atoms. The fourth-order valence-corrected chi connectivity index (χ4v) is 2.77. The third kappa shape index (κ3) is 3.56. The molecule has 1 saturated carbocycles. The van der Waals surface area contributed by atoms with Crippen LogP contribution >= 0.6 is 0 Å². The van der Waals surface area contributed by atoms with Gasteiger partial charge >= 0.3 is 0 Å². The van der Waals surface area contributed by atoms with Crippen LogP contribution in [0.15, 0.2) is 6.07 Å². The van der Waals surface area contributed by atoms with E-state index in [-0.39, 0.29) is 6.10 Å². The highest BCUT2D eigenvalue weighted by molar-refractivity contribution is 5.06. The molecule has 4 nitrogen and oxygen atoms in total. The monoisotopic (exact) mass is 251 g/mol. The summed E-state index contributed by atoms with van der Waals surface area (Å²) in [4.78, 5) is 0. The molecule has 0 radical (unpaired) electrons. The van der Waals surface area contributed by atoms with E-state index < -0.39 is 0 Å². The van der Waals surface area contributed by atoms with Gasteiger partial charge in [0, 0.05) is 18.3 Å². The van der Waals surface area contributed by atoms with Gasteiger partial charge in [0.25, 0.3) is 0 Å². The van der Waals surface area contributed by atoms with Crippen molar-refractivity contribution >= 4 is 0 Å². The Morgan fingerprint density at radius 1 is 1.39 bits per heavy atom. The smallest absolute Gasteiger partial charge is 0.0693 e. The lowest BCUT2D eigenvalue weighted by atomic mass is 9.92. The van der Waals surface area contributed by atoms with Crippen LogP contribution in [0, 0.1) is 13.8 Å². The first-order valence-electron chi connectivity index (χ1n) is 7.09. The maximum Gasteiger partial charge on any atom is 0.0693 e. The van der Waals surface area contributed by atoms with Crippen LogP contribution in [-0.2, 0) is 6.54 Å². The lowest BCUT2D eigenvalue weighted by molar-refractivity contribution is 0.0908. The van der Waals surface area contributed by atoms with Crippen molar-refractivity contribution < 1.29 is 5.11 Å². The van der Waals surface area contributed by atoms with Gasteiger partial charge in [-0.05, 0) is 45.7 Å². The molecule has 1 aliphatic carbocycles. The Balaban J connectivity index is 1.68. The zero-order valence-electron chi connectivity index (χ0n) is 11.5. The topological polar surface area (TPSA) is 50.1 Å². The van der Waals surface area contributed by atoms with Crippen LogP contribution in [-0.4, -0.2) is 33.6 Å². The highest BCUT2D eigenvalue weighted by Crippen LogP contribution is 2.18. The van der Waals surface area contributed by atoms with Crippen molar-refractivity contribution in [2.45, 2.75) is 64.6 Å². The number of nitrogens with one attached hydrogen (secondary N) is 1. The molecule has 4 heteroatoms. The van der Waals surface area contributed by atoms with E-state index in [4.69, 9.17) is 0 Å². The molecule has 0 amide bonds. The molecule has 1 aromatic heterocycles. The van der Waals surface area contributed by atoms with E-state index >= 15 is 0 Å². The van der Waals surface area contributed by atoms with Crippen LogP contribution in [0.2, 0.25) is 0 Å². The lowest BCUT2D eigenvalue weighted by Gasteiger charge is -2.28. The zero-order valence-corrected chi connectivity index (χ0v) is 11.5. The molecule has 1 fully saturated rings. The fourth-order valence-electron chi connectivity index (χ4n) is 2.77. The van der Waals surface area contributed by atoms with Gasteiger partial charge in [0.2, 0.25) is 0 Å². The van der Waals surface area contributed by atoms with Crippen molar-refractivity contribution in [3.63, 3.8) is 0 Å². The summed E-state index contributed by atoms with van der Waals surface area (Å²) in [6, 6.07) is 2.41. The van der Waals surface area contributed by atoms with E-state index in [1.807, 2.05) is 6.92 Å². The first-order chi connectivity index (χ1) is 8.66. The van der Waals surface area contributed by atoms with Crippen molar-refractivity contribution in [1.29, 1.82) is 0 Å². The maximum atomic E-state index is 9.85. The highest BCUT2D eigenvalue weighted by atomic mass is 16.3. The van der Waals surface area contributed by atoms with Gasteiger partial charge in [-0.15, -0.1) is 0 Å². The molecule has 2 N–H and O–H groups in total. The number of aromatic nitrogens is 2. The van der Waals surface area contributed by atoms with E-state index in [0.29, 0.717) is 6.04 Å². The van der Waals surface area contributed by atoms with E-state index in [0.717, 1.165) is 38.0 Å². The van der Waals surface area contributed by atoms with Crippen LogP contribution in [0.4, 0.5) is 0 Å². The van der Waals surface area contributed by atoms with Gasteiger partial charge in [-0.25, -0.2) is 0 Å². The van der Waals surface area contributed by atoms with Crippen molar-refractivity contribution in [1.82, 2.24) is 15.1 Å². The molecule has 1 aliphatic rings. The summed E-state index contributed by atoms with van der Waals surface area (Å²) in [5, 5.41) is 17.8. The first kappa shape index (κ1) is 13.6. The van der Waals surface area contributed by atoms with Crippen molar-refractivity contribution in [2.75, 3.05) is 6.54 Å². The average molecular weight is 251 g/mol. The molecule has 0 unspecified atom stereocenters. The molecule has 2 atom stereocenters. The van der Waals surface area contributed by atoms with E-state index in [1.54, 1.807) is 0 Å². The fraction of sp³-hybridized carbons (Fsp3) is 0.786. The average Bonchev–Trinajstić information content (AvgIpc) is 2.65. The van der Waals surface area contributed by atoms with Crippen molar-refractivity contribution in [3.8, 4) is 0 Å². The molecule has 1 aromatic rings. The Bertz CT molecular complexity index is 375. The number of rotatable bonds is 5. The summed E-state index contributed by atoms with van der Waals surface area (Å²) in [5.41, 5.74) is 2.31. The quantitative estimate of drug-likeness (QED) is 0.784. The van der Waals surface area contributed by atoms with Gasteiger partial charge in [0.15, 0.2) is 0 Å². The second kappa shape index (κ2) is 6.34. The summed E-state index contributed by atoms with van der Waals surface area (Å²) in [7, 11) is 0. The second-order valence-corrected chi connectivity index (χ2v) is 5.42. The van der Waals surface area contributed by atoms with E-state index in [9.17, 15) is 5.11 Å². The minimum Gasteiger partial charge on any atom is -0.392 e. The predicted octanol–water partition coefficient (Wildman–Crippen LogP) is 1.78. The Morgan fingerprint density at radius 2 is 2.17 bits per heavy atom.